The minimum Gasteiger partial charge on any atom is -0.481 e. The zero-order valence-corrected chi connectivity index (χ0v) is 12.1. The molecule has 0 aliphatic rings. The summed E-state index contributed by atoms with van der Waals surface area (Å²) in [7, 11) is 2.90. The highest BCUT2D eigenvalue weighted by Crippen LogP contribution is 2.22. The molecule has 0 bridgehead atoms. The summed E-state index contributed by atoms with van der Waals surface area (Å²) in [5, 5.41) is 11.6. The van der Waals surface area contributed by atoms with Crippen molar-refractivity contribution < 1.29 is 24.2 Å². The van der Waals surface area contributed by atoms with E-state index in [1.807, 2.05) is 0 Å². The number of methoxy groups -OCH3 is 2. The lowest BCUT2D eigenvalue weighted by Gasteiger charge is -2.12. The van der Waals surface area contributed by atoms with Gasteiger partial charge in [0.25, 0.3) is 0 Å². The number of carboxylic acids is 1. The number of nitrogens with zero attached hydrogens (tertiary/aromatic N) is 2. The van der Waals surface area contributed by atoms with Crippen LogP contribution in [0.25, 0.3) is 0 Å². The van der Waals surface area contributed by atoms with Crippen LogP contribution in [0.2, 0.25) is 0 Å². The van der Waals surface area contributed by atoms with Gasteiger partial charge in [-0.1, -0.05) is 11.8 Å². The Labute approximate surface area is 119 Å². The van der Waals surface area contributed by atoms with Crippen molar-refractivity contribution in [1.82, 2.24) is 15.3 Å². The average molecular weight is 301 g/mol. The molecule has 1 unspecified atom stereocenters. The molecule has 1 heterocycles. The van der Waals surface area contributed by atoms with Gasteiger partial charge in [-0.2, -0.15) is 9.97 Å². The van der Waals surface area contributed by atoms with E-state index in [0.717, 1.165) is 11.8 Å². The fourth-order valence-electron chi connectivity index (χ4n) is 1.24. The van der Waals surface area contributed by atoms with Gasteiger partial charge in [0.05, 0.1) is 20.3 Å². The summed E-state index contributed by atoms with van der Waals surface area (Å²) in [5.41, 5.74) is 0. The first-order valence-electron chi connectivity index (χ1n) is 5.56. The van der Waals surface area contributed by atoms with E-state index < -0.39 is 17.9 Å². The van der Waals surface area contributed by atoms with E-state index in [9.17, 15) is 9.59 Å². The second-order valence-corrected chi connectivity index (χ2v) is 4.62. The second-order valence-electron chi connectivity index (χ2n) is 3.64. The molecule has 2 N–H and O–H groups in total. The number of carbonyl (C=O) groups excluding carboxylic acids is 1. The Hall–Kier alpha value is -2.03. The Morgan fingerprint density at radius 1 is 1.35 bits per heavy atom. The lowest BCUT2D eigenvalue weighted by molar-refractivity contribution is -0.140. The van der Waals surface area contributed by atoms with Crippen LogP contribution < -0.4 is 14.8 Å². The molecule has 8 nitrogen and oxygen atoms in total. The summed E-state index contributed by atoms with van der Waals surface area (Å²) in [6.07, 6.45) is 0. The summed E-state index contributed by atoms with van der Waals surface area (Å²) >= 11 is 1.08. The first kappa shape index (κ1) is 16.0. The molecule has 9 heteroatoms. The largest absolute Gasteiger partial charge is 0.481 e. The van der Waals surface area contributed by atoms with Crippen LogP contribution in [0.4, 0.5) is 0 Å². The second kappa shape index (κ2) is 7.53. The predicted octanol–water partition coefficient (Wildman–Crippen LogP) is 0.175. The van der Waals surface area contributed by atoms with Crippen molar-refractivity contribution in [2.24, 2.45) is 0 Å². The molecule has 1 amide bonds. The number of hydrogen-bond donors (Lipinski definition) is 2. The van der Waals surface area contributed by atoms with Crippen LogP contribution in [0, 0.1) is 0 Å². The number of aromatic nitrogens is 2. The number of carbonyl (C=O) groups is 2. The van der Waals surface area contributed by atoms with Crippen LogP contribution in [0.1, 0.15) is 6.92 Å². The van der Waals surface area contributed by atoms with E-state index >= 15 is 0 Å². The maximum absolute atomic E-state index is 11.0. The van der Waals surface area contributed by atoms with Crippen LogP contribution in [0.5, 0.6) is 11.8 Å². The van der Waals surface area contributed by atoms with Gasteiger partial charge >= 0.3 is 5.97 Å². The van der Waals surface area contributed by atoms with Crippen molar-refractivity contribution in [3.05, 3.63) is 6.07 Å². The standard InChI is InChI=1S/C11H15N3O5S/c1-6(15)12-7(10(16)17)5-20-11-13-8(18-2)4-9(14-11)19-3/h4,7H,5H2,1-3H3,(H,12,15)(H,16,17). The van der Waals surface area contributed by atoms with E-state index in [1.54, 1.807) is 0 Å². The maximum Gasteiger partial charge on any atom is 0.327 e. The number of hydrogen-bond acceptors (Lipinski definition) is 7. The smallest absolute Gasteiger partial charge is 0.327 e. The van der Waals surface area contributed by atoms with Crippen LogP contribution in [-0.2, 0) is 9.59 Å². The minimum atomic E-state index is -1.12. The predicted molar refractivity (Wildman–Crippen MR) is 71.1 cm³/mol. The zero-order valence-electron chi connectivity index (χ0n) is 11.2. The molecule has 0 aromatic carbocycles. The van der Waals surface area contributed by atoms with Crippen LogP contribution >= 0.6 is 11.8 Å². The molecule has 1 aromatic heterocycles. The number of rotatable bonds is 7. The molecule has 110 valence electrons. The van der Waals surface area contributed by atoms with E-state index in [4.69, 9.17) is 14.6 Å². The van der Waals surface area contributed by atoms with Crippen molar-refractivity contribution in [1.29, 1.82) is 0 Å². The van der Waals surface area contributed by atoms with Crippen LogP contribution in [0.3, 0.4) is 0 Å². The summed E-state index contributed by atoms with van der Waals surface area (Å²) < 4.78 is 9.97. The zero-order chi connectivity index (χ0) is 15.1. The molecular weight excluding hydrogens is 286 g/mol. The normalized spacial score (nSPS) is 11.6. The topological polar surface area (TPSA) is 111 Å². The van der Waals surface area contributed by atoms with Gasteiger partial charge in [0.1, 0.15) is 6.04 Å². The van der Waals surface area contributed by atoms with Gasteiger partial charge in [0.2, 0.25) is 17.7 Å². The summed E-state index contributed by atoms with van der Waals surface area (Å²) in [5.74, 6) is -0.827. The minimum absolute atomic E-state index is 0.0885. The van der Waals surface area contributed by atoms with Crippen LogP contribution in [0.15, 0.2) is 11.2 Å². The third-order valence-corrected chi connectivity index (χ3v) is 3.07. The fraction of sp³-hybridized carbons (Fsp3) is 0.455. The van der Waals surface area contributed by atoms with Crippen molar-refractivity contribution in [2.45, 2.75) is 18.1 Å². The molecule has 0 aliphatic heterocycles. The van der Waals surface area contributed by atoms with Crippen molar-refractivity contribution in [3.8, 4) is 11.8 Å². The van der Waals surface area contributed by atoms with Gasteiger partial charge in [-0.3, -0.25) is 4.79 Å². The Morgan fingerprint density at radius 3 is 2.30 bits per heavy atom. The van der Waals surface area contributed by atoms with E-state index in [2.05, 4.69) is 15.3 Å². The van der Waals surface area contributed by atoms with Gasteiger partial charge in [-0.25, -0.2) is 4.79 Å². The Kier molecular flexibility index (Phi) is 6.04. The molecule has 0 fully saturated rings. The molecule has 0 aliphatic carbocycles. The molecule has 1 aromatic rings. The number of aliphatic carboxylic acids is 1. The van der Waals surface area contributed by atoms with E-state index in [-0.39, 0.29) is 5.75 Å². The van der Waals surface area contributed by atoms with Gasteiger partial charge in [-0.05, 0) is 0 Å². The summed E-state index contributed by atoms with van der Waals surface area (Å²) in [6.45, 7) is 1.26. The van der Waals surface area contributed by atoms with Crippen molar-refractivity contribution >= 4 is 23.6 Å². The average Bonchev–Trinajstić information content (AvgIpc) is 2.42. The van der Waals surface area contributed by atoms with Gasteiger partial charge < -0.3 is 19.9 Å². The highest BCUT2D eigenvalue weighted by molar-refractivity contribution is 7.99. The van der Waals surface area contributed by atoms with E-state index in [1.165, 1.54) is 27.2 Å². The summed E-state index contributed by atoms with van der Waals surface area (Å²) in [6, 6.07) is 0.491. The Morgan fingerprint density at radius 2 is 1.90 bits per heavy atom. The molecular formula is C11H15N3O5S. The fourth-order valence-corrected chi connectivity index (χ4v) is 2.09. The highest BCUT2D eigenvalue weighted by Gasteiger charge is 2.19. The molecule has 0 saturated carbocycles. The Balaban J connectivity index is 2.76. The molecule has 0 radical (unpaired) electrons. The SMILES string of the molecule is COc1cc(OC)nc(SCC(NC(C)=O)C(=O)O)n1. The van der Waals surface area contributed by atoms with Gasteiger partial charge in [0, 0.05) is 12.7 Å². The molecule has 1 rings (SSSR count). The quantitative estimate of drug-likeness (QED) is 0.542. The number of thioether (sulfide) groups is 1. The van der Waals surface area contributed by atoms with Crippen LogP contribution in [-0.4, -0.2) is 53.0 Å². The molecule has 0 saturated heterocycles. The lowest BCUT2D eigenvalue weighted by atomic mass is 10.3. The molecule has 0 spiro atoms. The maximum atomic E-state index is 11.0. The van der Waals surface area contributed by atoms with Gasteiger partial charge in [-0.15, -0.1) is 0 Å². The first-order chi connectivity index (χ1) is 9.46. The van der Waals surface area contributed by atoms with Gasteiger partial charge in [0.15, 0.2) is 5.16 Å². The molecule has 1 atom stereocenters. The first-order valence-corrected chi connectivity index (χ1v) is 6.54. The Bertz CT molecular complexity index is 475. The lowest BCUT2D eigenvalue weighted by Crippen LogP contribution is -2.41. The monoisotopic (exact) mass is 301 g/mol. The number of amides is 1. The third kappa shape index (κ3) is 4.92. The van der Waals surface area contributed by atoms with Crippen molar-refractivity contribution in [3.63, 3.8) is 0 Å². The molecule has 20 heavy (non-hydrogen) atoms. The van der Waals surface area contributed by atoms with E-state index in [0.29, 0.717) is 16.9 Å². The van der Waals surface area contributed by atoms with Crippen molar-refractivity contribution in [2.75, 3.05) is 20.0 Å². The number of nitrogens with one attached hydrogen (secondary N) is 1. The summed E-state index contributed by atoms with van der Waals surface area (Å²) in [4.78, 5) is 30.0. The number of carboxylic acid groups (broad SMARTS) is 1. The number of ether oxygens (including phenoxy) is 2. The third-order valence-electron chi connectivity index (χ3n) is 2.13. The highest BCUT2D eigenvalue weighted by atomic mass is 32.2.